The fraction of sp³-hybridized carbons (Fsp3) is 0.154. The van der Waals surface area contributed by atoms with Crippen LogP contribution >= 0.6 is 0 Å². The molecule has 0 spiro atoms. The summed E-state index contributed by atoms with van der Waals surface area (Å²) in [5, 5.41) is 0. The molecule has 0 aliphatic heterocycles. The van der Waals surface area contributed by atoms with Gasteiger partial charge in [0.05, 0.1) is 14.2 Å². The van der Waals surface area contributed by atoms with Gasteiger partial charge in [0.1, 0.15) is 11.5 Å². The highest BCUT2D eigenvalue weighted by atomic mass is 16.5. The predicted molar refractivity (Wildman–Crippen MR) is 63.8 cm³/mol. The second-order valence-electron chi connectivity index (χ2n) is 3.04. The van der Waals surface area contributed by atoms with Crippen molar-refractivity contribution in [2.75, 3.05) is 14.2 Å². The Labute approximate surface area is 95.0 Å². The first kappa shape index (κ1) is 12.0. The van der Waals surface area contributed by atoms with Crippen molar-refractivity contribution in [1.29, 1.82) is 0 Å². The molecule has 0 radical (unpaired) electrons. The lowest BCUT2D eigenvalue weighted by Crippen LogP contribution is -1.94. The highest BCUT2D eigenvalue weighted by Crippen LogP contribution is 2.29. The minimum atomic E-state index is 0.523. The summed E-state index contributed by atoms with van der Waals surface area (Å²) >= 11 is 0. The maximum Gasteiger partial charge on any atom is 0.150 e. The molecule has 0 saturated heterocycles. The minimum absolute atomic E-state index is 0.523. The normalized spacial score (nSPS) is 10.8. The lowest BCUT2D eigenvalue weighted by Gasteiger charge is -2.09. The van der Waals surface area contributed by atoms with E-state index in [0.717, 1.165) is 11.8 Å². The first-order chi connectivity index (χ1) is 7.76. The smallest absolute Gasteiger partial charge is 0.150 e. The molecule has 0 saturated carbocycles. The number of hydrogen-bond acceptors (Lipinski definition) is 3. The van der Waals surface area contributed by atoms with Crippen molar-refractivity contribution in [2.45, 2.75) is 0 Å². The second-order valence-corrected chi connectivity index (χ2v) is 3.04. The molecule has 84 valence electrons. The third-order valence-corrected chi connectivity index (χ3v) is 2.14. The van der Waals surface area contributed by atoms with E-state index < -0.39 is 0 Å². The molecule has 0 N–H and O–H groups in total. The molecule has 3 heteroatoms. The van der Waals surface area contributed by atoms with Crippen LogP contribution in [0.15, 0.2) is 36.9 Å². The first-order valence-electron chi connectivity index (χ1n) is 4.77. The van der Waals surface area contributed by atoms with E-state index in [4.69, 9.17) is 9.47 Å². The quantitative estimate of drug-likeness (QED) is 0.432. The van der Waals surface area contributed by atoms with Gasteiger partial charge in [0.25, 0.3) is 0 Å². The van der Waals surface area contributed by atoms with Crippen LogP contribution in [0.2, 0.25) is 0 Å². The van der Waals surface area contributed by atoms with Gasteiger partial charge in [-0.3, -0.25) is 4.79 Å². The van der Waals surface area contributed by atoms with E-state index in [1.165, 1.54) is 0 Å². The second kappa shape index (κ2) is 5.75. The number of aldehydes is 1. The first-order valence-corrected chi connectivity index (χ1v) is 4.77. The number of hydrogen-bond donors (Lipinski definition) is 0. The number of benzene rings is 1. The van der Waals surface area contributed by atoms with E-state index in [1.807, 2.05) is 0 Å². The van der Waals surface area contributed by atoms with E-state index in [-0.39, 0.29) is 0 Å². The molecule has 1 aromatic rings. The van der Waals surface area contributed by atoms with Gasteiger partial charge in [-0.25, -0.2) is 0 Å². The molecule has 0 aromatic heterocycles. The average molecular weight is 218 g/mol. The number of methoxy groups -OCH3 is 2. The Balaban J connectivity index is 3.27. The van der Waals surface area contributed by atoms with Crippen LogP contribution in [0, 0.1) is 0 Å². The van der Waals surface area contributed by atoms with Crippen LogP contribution in [0.1, 0.15) is 5.56 Å². The maximum atomic E-state index is 10.9. The Bertz CT molecular complexity index is 419. The molecular weight excluding hydrogens is 204 g/mol. The van der Waals surface area contributed by atoms with E-state index in [0.29, 0.717) is 17.1 Å². The minimum Gasteiger partial charge on any atom is -0.497 e. The Hall–Kier alpha value is -2.03. The van der Waals surface area contributed by atoms with Crippen LogP contribution in [0.4, 0.5) is 0 Å². The van der Waals surface area contributed by atoms with Crippen LogP contribution in [0.3, 0.4) is 0 Å². The monoisotopic (exact) mass is 218 g/mol. The lowest BCUT2D eigenvalue weighted by molar-refractivity contribution is -0.103. The zero-order valence-corrected chi connectivity index (χ0v) is 9.40. The van der Waals surface area contributed by atoms with Crippen molar-refractivity contribution >= 4 is 11.9 Å². The van der Waals surface area contributed by atoms with Gasteiger partial charge in [-0.2, -0.15) is 0 Å². The summed E-state index contributed by atoms with van der Waals surface area (Å²) in [5.41, 5.74) is 1.24. The zero-order valence-electron chi connectivity index (χ0n) is 9.40. The standard InChI is InChI=1S/C13H14O3/c1-4-5-10(9-14)12-7-6-11(15-2)8-13(12)16-3/h4-9H,1H2,2-3H3. The van der Waals surface area contributed by atoms with Crippen LogP contribution in [-0.2, 0) is 4.79 Å². The molecule has 0 fully saturated rings. The Morgan fingerprint density at radius 2 is 2.06 bits per heavy atom. The summed E-state index contributed by atoms with van der Waals surface area (Å²) in [4.78, 5) is 10.9. The van der Waals surface area contributed by atoms with E-state index >= 15 is 0 Å². The predicted octanol–water partition coefficient (Wildman–Crippen LogP) is 2.47. The van der Waals surface area contributed by atoms with Gasteiger partial charge in [0.2, 0.25) is 0 Å². The SMILES string of the molecule is C=CC=C(C=O)c1ccc(OC)cc1OC. The molecule has 0 amide bonds. The molecule has 0 unspecified atom stereocenters. The number of carbonyl (C=O) groups excluding carboxylic acids is 1. The number of allylic oxidation sites excluding steroid dienone is 3. The molecule has 16 heavy (non-hydrogen) atoms. The van der Waals surface area contributed by atoms with Crippen molar-refractivity contribution in [1.82, 2.24) is 0 Å². The maximum absolute atomic E-state index is 10.9. The fourth-order valence-corrected chi connectivity index (χ4v) is 1.36. The van der Waals surface area contributed by atoms with Gasteiger partial charge in [-0.05, 0) is 12.1 Å². The van der Waals surface area contributed by atoms with Gasteiger partial charge in [-0.1, -0.05) is 18.7 Å². The molecule has 3 nitrogen and oxygen atoms in total. The van der Waals surface area contributed by atoms with E-state index in [2.05, 4.69) is 6.58 Å². The fourth-order valence-electron chi connectivity index (χ4n) is 1.36. The topological polar surface area (TPSA) is 35.5 Å². The lowest BCUT2D eigenvalue weighted by atomic mass is 10.1. The zero-order chi connectivity index (χ0) is 12.0. The van der Waals surface area contributed by atoms with Gasteiger partial charge in [-0.15, -0.1) is 0 Å². The summed E-state index contributed by atoms with van der Waals surface area (Å²) in [7, 11) is 3.13. The Morgan fingerprint density at radius 3 is 2.56 bits per heavy atom. The molecule has 0 bridgehead atoms. The largest absolute Gasteiger partial charge is 0.497 e. The molecule has 0 heterocycles. The molecule has 1 rings (SSSR count). The van der Waals surface area contributed by atoms with Crippen LogP contribution < -0.4 is 9.47 Å². The van der Waals surface area contributed by atoms with Crippen LogP contribution in [0.5, 0.6) is 11.5 Å². The highest BCUT2D eigenvalue weighted by molar-refractivity contribution is 6.08. The average Bonchev–Trinajstić information content (AvgIpc) is 2.35. The van der Waals surface area contributed by atoms with Crippen molar-refractivity contribution < 1.29 is 14.3 Å². The Kier molecular flexibility index (Phi) is 4.33. The molecule has 1 aromatic carbocycles. The number of carbonyl (C=O) groups is 1. The van der Waals surface area contributed by atoms with Gasteiger partial charge < -0.3 is 9.47 Å². The highest BCUT2D eigenvalue weighted by Gasteiger charge is 2.08. The third kappa shape index (κ3) is 2.51. The van der Waals surface area contributed by atoms with Crippen molar-refractivity contribution in [3.8, 4) is 11.5 Å². The number of rotatable bonds is 5. The Morgan fingerprint density at radius 1 is 1.31 bits per heavy atom. The summed E-state index contributed by atoms with van der Waals surface area (Å²) in [6, 6.07) is 5.29. The molecular formula is C13H14O3. The van der Waals surface area contributed by atoms with Crippen molar-refractivity contribution in [3.63, 3.8) is 0 Å². The van der Waals surface area contributed by atoms with Crippen LogP contribution in [0.25, 0.3) is 5.57 Å². The summed E-state index contributed by atoms with van der Waals surface area (Å²) in [6.07, 6.45) is 3.97. The summed E-state index contributed by atoms with van der Waals surface area (Å²) in [5.74, 6) is 1.28. The molecule has 0 aliphatic carbocycles. The van der Waals surface area contributed by atoms with Gasteiger partial charge in [0.15, 0.2) is 6.29 Å². The third-order valence-electron chi connectivity index (χ3n) is 2.14. The van der Waals surface area contributed by atoms with Gasteiger partial charge in [0, 0.05) is 17.2 Å². The van der Waals surface area contributed by atoms with Crippen molar-refractivity contribution in [3.05, 3.63) is 42.5 Å². The van der Waals surface area contributed by atoms with Crippen LogP contribution in [-0.4, -0.2) is 20.5 Å². The van der Waals surface area contributed by atoms with E-state index in [9.17, 15) is 4.79 Å². The van der Waals surface area contributed by atoms with E-state index in [1.54, 1.807) is 44.6 Å². The number of ether oxygens (including phenoxy) is 2. The van der Waals surface area contributed by atoms with Gasteiger partial charge >= 0.3 is 0 Å². The molecule has 0 atom stereocenters. The van der Waals surface area contributed by atoms with Crippen molar-refractivity contribution in [2.24, 2.45) is 0 Å². The summed E-state index contributed by atoms with van der Waals surface area (Å²) in [6.45, 7) is 3.56. The summed E-state index contributed by atoms with van der Waals surface area (Å²) < 4.78 is 10.3. The molecule has 0 aliphatic rings.